The van der Waals surface area contributed by atoms with Crippen LogP contribution in [0.2, 0.25) is 0 Å². The maximum atomic E-state index is 14.7. The summed E-state index contributed by atoms with van der Waals surface area (Å²) in [5, 5.41) is 32.2. The Balaban J connectivity index is 1.40. The SMILES string of the molecule is [C-]#[N+]c1ccc2c(c1)c1cc(C#N)ccc1n2-c1ccc(-c2c(C)cccc2C(F)(F)F)cc1-c1cc(-n2c3ccc(C#N)cc3c3cc(C#N)ccc32)ccc1[N+]#[C-]. The van der Waals surface area contributed by atoms with E-state index in [4.69, 9.17) is 13.1 Å². The number of rotatable bonds is 4. The van der Waals surface area contributed by atoms with Crippen molar-refractivity contribution < 1.29 is 13.2 Å². The fourth-order valence-corrected chi connectivity index (χ4v) is 8.22. The lowest BCUT2D eigenvalue weighted by Gasteiger charge is -2.20. The van der Waals surface area contributed by atoms with E-state index in [1.807, 2.05) is 39.5 Å². The van der Waals surface area contributed by atoms with Gasteiger partial charge in [0.05, 0.1) is 81.4 Å². The van der Waals surface area contributed by atoms with Crippen molar-refractivity contribution in [3.63, 3.8) is 0 Å². The molecule has 59 heavy (non-hydrogen) atoms. The molecule has 2 aromatic heterocycles. The van der Waals surface area contributed by atoms with E-state index < -0.39 is 11.7 Å². The molecule has 2 heterocycles. The van der Waals surface area contributed by atoms with Crippen LogP contribution in [0.4, 0.5) is 24.5 Å². The summed E-state index contributed by atoms with van der Waals surface area (Å²) in [7, 11) is 0. The first kappa shape index (κ1) is 36.0. The maximum Gasteiger partial charge on any atom is 0.417 e. The number of nitriles is 3. The third kappa shape index (κ3) is 5.71. The predicted molar refractivity (Wildman–Crippen MR) is 222 cm³/mol. The highest BCUT2D eigenvalue weighted by atomic mass is 19.4. The second-order valence-electron chi connectivity index (χ2n) is 14.1. The number of aryl methyl sites for hydroxylation is 1. The van der Waals surface area contributed by atoms with Crippen LogP contribution >= 0.6 is 0 Å². The van der Waals surface area contributed by atoms with E-state index >= 15 is 0 Å². The molecule has 0 aliphatic carbocycles. The minimum Gasteiger partial charge on any atom is -0.309 e. The summed E-state index contributed by atoms with van der Waals surface area (Å²) in [5.41, 5.74) is 6.82. The molecular formula is C49H24F3N7. The van der Waals surface area contributed by atoms with Gasteiger partial charge >= 0.3 is 6.18 Å². The van der Waals surface area contributed by atoms with E-state index in [2.05, 4.69) is 27.9 Å². The summed E-state index contributed by atoms with van der Waals surface area (Å²) >= 11 is 0. The van der Waals surface area contributed by atoms with Crippen molar-refractivity contribution in [3.8, 4) is 51.8 Å². The van der Waals surface area contributed by atoms with Crippen LogP contribution in [0.1, 0.15) is 27.8 Å². The molecule has 9 rings (SSSR count). The van der Waals surface area contributed by atoms with Crippen molar-refractivity contribution in [3.05, 3.63) is 178 Å². The Hall–Kier alpha value is -8.62. The first-order valence-electron chi connectivity index (χ1n) is 18.1. The monoisotopic (exact) mass is 767 g/mol. The molecule has 0 fully saturated rings. The van der Waals surface area contributed by atoms with Crippen LogP contribution in [0.25, 0.3) is 86.9 Å². The van der Waals surface area contributed by atoms with E-state index in [0.29, 0.717) is 77.8 Å². The number of fused-ring (bicyclic) bond motifs is 6. The molecule has 10 heteroatoms. The maximum absolute atomic E-state index is 14.7. The second kappa shape index (κ2) is 13.5. The molecule has 0 unspecified atom stereocenters. The highest BCUT2D eigenvalue weighted by molar-refractivity contribution is 6.12. The van der Waals surface area contributed by atoms with Crippen molar-refractivity contribution in [2.75, 3.05) is 0 Å². The van der Waals surface area contributed by atoms with Gasteiger partial charge in [-0.25, -0.2) is 9.69 Å². The molecule has 0 saturated heterocycles. The Bertz CT molecular complexity index is 3370. The molecule has 0 spiro atoms. The van der Waals surface area contributed by atoms with Crippen LogP contribution < -0.4 is 0 Å². The van der Waals surface area contributed by atoms with E-state index in [9.17, 15) is 29.0 Å². The van der Waals surface area contributed by atoms with Gasteiger partial charge in [0.1, 0.15) is 0 Å². The van der Waals surface area contributed by atoms with Gasteiger partial charge in [-0.1, -0.05) is 30.3 Å². The van der Waals surface area contributed by atoms with Gasteiger partial charge in [-0.05, 0) is 137 Å². The van der Waals surface area contributed by atoms with Gasteiger partial charge in [-0.3, -0.25) is 0 Å². The molecule has 0 saturated carbocycles. The van der Waals surface area contributed by atoms with Gasteiger partial charge < -0.3 is 9.13 Å². The molecular weight excluding hydrogens is 744 g/mol. The van der Waals surface area contributed by atoms with Gasteiger partial charge in [-0.2, -0.15) is 29.0 Å². The average Bonchev–Trinajstić information content (AvgIpc) is 3.76. The third-order valence-electron chi connectivity index (χ3n) is 10.8. The number of nitrogens with zero attached hydrogens (tertiary/aromatic N) is 7. The van der Waals surface area contributed by atoms with E-state index in [0.717, 1.165) is 27.9 Å². The number of hydrogen-bond donors (Lipinski definition) is 0. The number of halogens is 3. The molecule has 7 aromatic carbocycles. The van der Waals surface area contributed by atoms with Gasteiger partial charge in [0.2, 0.25) is 0 Å². The third-order valence-corrected chi connectivity index (χ3v) is 10.8. The normalized spacial score (nSPS) is 11.3. The van der Waals surface area contributed by atoms with Crippen molar-refractivity contribution >= 4 is 55.0 Å². The summed E-state index contributed by atoms with van der Waals surface area (Å²) < 4.78 is 47.9. The summed E-state index contributed by atoms with van der Waals surface area (Å²) in [4.78, 5) is 7.55. The van der Waals surface area contributed by atoms with Gasteiger partial charge in [-0.15, -0.1) is 0 Å². The van der Waals surface area contributed by atoms with Crippen molar-refractivity contribution in [1.82, 2.24) is 9.13 Å². The smallest absolute Gasteiger partial charge is 0.309 e. The van der Waals surface area contributed by atoms with Gasteiger partial charge in [0.25, 0.3) is 0 Å². The predicted octanol–water partition coefficient (Wildman–Crippen LogP) is 13.3. The Morgan fingerprint density at radius 2 is 1.12 bits per heavy atom. The largest absolute Gasteiger partial charge is 0.417 e. The molecule has 9 aromatic rings. The number of hydrogen-bond acceptors (Lipinski definition) is 3. The van der Waals surface area contributed by atoms with Crippen LogP contribution in [-0.2, 0) is 6.18 Å². The Kier molecular flexibility index (Phi) is 8.27. The number of alkyl halides is 3. The quantitative estimate of drug-likeness (QED) is 0.167. The van der Waals surface area contributed by atoms with E-state index in [1.54, 1.807) is 91.9 Å². The van der Waals surface area contributed by atoms with Crippen LogP contribution in [-0.4, -0.2) is 9.13 Å². The molecule has 0 amide bonds. The Morgan fingerprint density at radius 1 is 0.559 bits per heavy atom. The first-order chi connectivity index (χ1) is 28.6. The van der Waals surface area contributed by atoms with E-state index in [-0.39, 0.29) is 11.3 Å². The lowest BCUT2D eigenvalue weighted by Crippen LogP contribution is -2.08. The lowest BCUT2D eigenvalue weighted by atomic mass is 9.91. The standard InChI is InChI=1S/C49H24F3N7/c1-28-5-4-6-41(49(50,51)52)48(28)32-10-17-46(59-45-16-9-31(27-55)21-38(45)40-23-33(56-2)11-18-47(40)59)39(22-32)35-24-34(12-13-42(35)57-3)58-43-14-7-29(25-53)19-36(43)37-20-30(26-54)8-15-44(37)58/h4-24H,1H3. The summed E-state index contributed by atoms with van der Waals surface area (Å²) in [6, 6.07) is 42.2. The summed E-state index contributed by atoms with van der Waals surface area (Å²) in [6.45, 7) is 17.7. The Labute approximate surface area is 335 Å². The summed E-state index contributed by atoms with van der Waals surface area (Å²) in [5.74, 6) is 0. The summed E-state index contributed by atoms with van der Waals surface area (Å²) in [6.07, 6.45) is -4.65. The average molecular weight is 768 g/mol. The second-order valence-corrected chi connectivity index (χ2v) is 14.1. The van der Waals surface area contributed by atoms with Crippen LogP contribution in [0.3, 0.4) is 0 Å². The Morgan fingerprint density at radius 3 is 1.66 bits per heavy atom. The minimum absolute atomic E-state index is 0.0138. The zero-order chi connectivity index (χ0) is 41.2. The van der Waals surface area contributed by atoms with Gasteiger partial charge in [0, 0.05) is 21.8 Å². The highest BCUT2D eigenvalue weighted by Crippen LogP contribution is 2.46. The number of benzene rings is 7. The molecule has 0 N–H and O–H groups in total. The van der Waals surface area contributed by atoms with Crippen LogP contribution in [0.15, 0.2) is 127 Å². The number of aromatic nitrogens is 2. The van der Waals surface area contributed by atoms with Crippen LogP contribution in [0.5, 0.6) is 0 Å². The minimum atomic E-state index is -4.65. The molecule has 276 valence electrons. The first-order valence-corrected chi connectivity index (χ1v) is 18.1. The van der Waals surface area contributed by atoms with Crippen molar-refractivity contribution in [2.45, 2.75) is 13.1 Å². The molecule has 0 aliphatic rings. The molecule has 0 aliphatic heterocycles. The van der Waals surface area contributed by atoms with Crippen LogP contribution in [0, 0.1) is 54.1 Å². The zero-order valence-electron chi connectivity index (χ0n) is 30.9. The van der Waals surface area contributed by atoms with E-state index in [1.165, 1.54) is 6.07 Å². The molecule has 0 radical (unpaired) electrons. The molecule has 0 bridgehead atoms. The molecule has 0 atom stereocenters. The fraction of sp³-hybridized carbons (Fsp3) is 0.0408. The fourth-order valence-electron chi connectivity index (χ4n) is 8.22. The van der Waals surface area contributed by atoms with Crippen molar-refractivity contribution in [1.29, 1.82) is 15.8 Å². The topological polar surface area (TPSA) is 90.0 Å². The lowest BCUT2D eigenvalue weighted by molar-refractivity contribution is -0.137. The highest BCUT2D eigenvalue weighted by Gasteiger charge is 2.34. The molecule has 7 nitrogen and oxygen atoms in total. The van der Waals surface area contributed by atoms with Crippen molar-refractivity contribution in [2.24, 2.45) is 0 Å². The zero-order valence-corrected chi connectivity index (χ0v) is 30.9. The van der Waals surface area contributed by atoms with Gasteiger partial charge in [0.15, 0.2) is 11.4 Å².